The number of hydrogen-bond acceptors (Lipinski definition) is 4. The maximum absolute atomic E-state index is 9.54. The van der Waals surface area contributed by atoms with E-state index in [1.165, 1.54) is 0 Å². The number of nitrogens with one attached hydrogen (secondary N) is 1. The molecule has 0 radical (unpaired) electrons. The molecule has 1 aliphatic heterocycles. The van der Waals surface area contributed by atoms with Gasteiger partial charge in [-0.25, -0.2) is 0 Å². The summed E-state index contributed by atoms with van der Waals surface area (Å²) >= 11 is 0. The summed E-state index contributed by atoms with van der Waals surface area (Å²) in [6.07, 6.45) is 0. The zero-order valence-electron chi connectivity index (χ0n) is 5.82. The van der Waals surface area contributed by atoms with Gasteiger partial charge in [0.2, 0.25) is 0 Å². The SMILES string of the molecule is OC[SH]1(O)(O)CCNCC1. The summed E-state index contributed by atoms with van der Waals surface area (Å²) in [5, 5.41) is 11.7. The van der Waals surface area contributed by atoms with E-state index in [1.54, 1.807) is 0 Å². The average Bonchev–Trinajstić information content (AvgIpc) is 1.89. The molecular weight excluding hydrogens is 154 g/mol. The molecule has 10 heavy (non-hydrogen) atoms. The molecule has 1 fully saturated rings. The second-order valence-electron chi connectivity index (χ2n) is 2.95. The third kappa shape index (κ3) is 1.62. The van der Waals surface area contributed by atoms with Gasteiger partial charge in [-0.05, 0) is 0 Å². The maximum Gasteiger partial charge on any atom is 0.103 e. The van der Waals surface area contributed by atoms with Crippen molar-refractivity contribution >= 4 is 9.72 Å². The summed E-state index contributed by atoms with van der Waals surface area (Å²) in [6, 6.07) is 0. The number of hydrogen-bond donors (Lipinski definition) is 5. The molecule has 0 unspecified atom stereocenters. The van der Waals surface area contributed by atoms with Gasteiger partial charge in [-0.1, -0.05) is 0 Å². The molecule has 64 valence electrons. The van der Waals surface area contributed by atoms with Crippen molar-refractivity contribution in [2.45, 2.75) is 0 Å². The summed E-state index contributed by atoms with van der Waals surface area (Å²) in [4.78, 5) is 0. The second kappa shape index (κ2) is 2.35. The van der Waals surface area contributed by atoms with Gasteiger partial charge >= 0.3 is 0 Å². The van der Waals surface area contributed by atoms with E-state index >= 15 is 0 Å². The summed E-state index contributed by atoms with van der Waals surface area (Å²) < 4.78 is 19.1. The van der Waals surface area contributed by atoms with Crippen molar-refractivity contribution < 1.29 is 14.2 Å². The first kappa shape index (κ1) is 8.29. The lowest BCUT2D eigenvalue weighted by Gasteiger charge is -2.59. The molecule has 0 saturated carbocycles. The van der Waals surface area contributed by atoms with E-state index in [1.807, 2.05) is 0 Å². The van der Waals surface area contributed by atoms with E-state index in [-0.39, 0.29) is 0 Å². The third-order valence-corrected chi connectivity index (χ3v) is 5.10. The van der Waals surface area contributed by atoms with Crippen molar-refractivity contribution in [3.63, 3.8) is 0 Å². The van der Waals surface area contributed by atoms with Gasteiger partial charge < -0.3 is 19.5 Å². The number of aliphatic hydroxyl groups is 1. The zero-order chi connectivity index (χ0) is 7.69. The lowest BCUT2D eigenvalue weighted by atomic mass is 10.6. The van der Waals surface area contributed by atoms with Crippen LogP contribution >= 0.6 is 9.72 Å². The van der Waals surface area contributed by atoms with Crippen molar-refractivity contribution in [3.05, 3.63) is 0 Å². The molecular formula is C5H15NO3S. The fourth-order valence-electron chi connectivity index (χ4n) is 1.05. The molecule has 1 saturated heterocycles. The van der Waals surface area contributed by atoms with Gasteiger partial charge in [0.15, 0.2) is 0 Å². The van der Waals surface area contributed by atoms with Crippen LogP contribution in [0.4, 0.5) is 0 Å². The lowest BCUT2D eigenvalue weighted by molar-refractivity contribution is 0.317. The van der Waals surface area contributed by atoms with Crippen LogP contribution in [0.2, 0.25) is 0 Å². The van der Waals surface area contributed by atoms with E-state index in [0.29, 0.717) is 24.6 Å². The van der Waals surface area contributed by atoms with Crippen LogP contribution < -0.4 is 5.32 Å². The predicted octanol–water partition coefficient (Wildman–Crippen LogP) is -0.442. The Morgan fingerprint density at radius 3 is 2.00 bits per heavy atom. The van der Waals surface area contributed by atoms with Gasteiger partial charge in [-0.3, -0.25) is 9.72 Å². The Balaban J connectivity index is 2.63. The molecule has 0 bridgehead atoms. The maximum atomic E-state index is 9.54. The third-order valence-electron chi connectivity index (χ3n) is 1.94. The van der Waals surface area contributed by atoms with Crippen molar-refractivity contribution in [2.75, 3.05) is 30.5 Å². The Kier molecular flexibility index (Phi) is 1.95. The van der Waals surface area contributed by atoms with Crippen LogP contribution in [0.25, 0.3) is 0 Å². The Morgan fingerprint density at radius 1 is 1.20 bits per heavy atom. The normalized spacial score (nSPS) is 34.1. The van der Waals surface area contributed by atoms with Gasteiger partial charge in [0, 0.05) is 24.6 Å². The van der Waals surface area contributed by atoms with Crippen molar-refractivity contribution in [1.82, 2.24) is 5.32 Å². The molecule has 0 aliphatic carbocycles. The van der Waals surface area contributed by atoms with Crippen molar-refractivity contribution in [2.24, 2.45) is 0 Å². The minimum Gasteiger partial charge on any atom is -0.380 e. The second-order valence-corrected chi connectivity index (χ2v) is 7.34. The van der Waals surface area contributed by atoms with Crippen LogP contribution in [0.15, 0.2) is 0 Å². The van der Waals surface area contributed by atoms with Crippen LogP contribution in [0, 0.1) is 0 Å². The summed E-state index contributed by atoms with van der Waals surface area (Å²) in [5.41, 5.74) is 0. The molecule has 0 aromatic rings. The van der Waals surface area contributed by atoms with Crippen LogP contribution in [-0.4, -0.2) is 44.7 Å². The van der Waals surface area contributed by atoms with Crippen molar-refractivity contribution in [3.8, 4) is 0 Å². The highest BCUT2D eigenvalue weighted by molar-refractivity contribution is 8.40. The molecule has 4 nitrogen and oxygen atoms in total. The van der Waals surface area contributed by atoms with E-state index < -0.39 is 15.7 Å². The molecule has 4 N–H and O–H groups in total. The molecule has 0 amide bonds. The minimum absolute atomic E-state index is 0.322. The van der Waals surface area contributed by atoms with Gasteiger partial charge in [0.25, 0.3) is 0 Å². The monoisotopic (exact) mass is 169 g/mol. The molecule has 1 rings (SSSR count). The van der Waals surface area contributed by atoms with Crippen LogP contribution in [-0.2, 0) is 0 Å². The first-order chi connectivity index (χ1) is 4.55. The number of rotatable bonds is 1. The zero-order valence-corrected chi connectivity index (χ0v) is 6.72. The van der Waals surface area contributed by atoms with E-state index in [4.69, 9.17) is 5.11 Å². The number of thiol groups is 1. The Hall–Kier alpha value is 0.190. The number of aliphatic hydroxyl groups excluding tert-OH is 1. The standard InChI is InChI=1S/C5H15NO3S/c7-5-10(8,9)3-1-6-2-4-10/h6-10H,1-5H2. The summed E-state index contributed by atoms with van der Waals surface area (Å²) in [7, 11) is -3.58. The Morgan fingerprint density at radius 2 is 1.70 bits per heavy atom. The van der Waals surface area contributed by atoms with Crippen LogP contribution in [0.3, 0.4) is 0 Å². The van der Waals surface area contributed by atoms with Crippen LogP contribution in [0.5, 0.6) is 0 Å². The average molecular weight is 169 g/mol. The smallest absolute Gasteiger partial charge is 0.103 e. The minimum atomic E-state index is -3.58. The van der Waals surface area contributed by atoms with Crippen molar-refractivity contribution in [1.29, 1.82) is 0 Å². The van der Waals surface area contributed by atoms with E-state index in [9.17, 15) is 9.11 Å². The summed E-state index contributed by atoms with van der Waals surface area (Å²) in [6.45, 7) is 1.21. The lowest BCUT2D eigenvalue weighted by Crippen LogP contribution is -2.42. The topological polar surface area (TPSA) is 72.7 Å². The first-order valence-corrected chi connectivity index (χ1v) is 6.07. The van der Waals surface area contributed by atoms with Crippen LogP contribution in [0.1, 0.15) is 0 Å². The van der Waals surface area contributed by atoms with Gasteiger partial charge in [0.05, 0.1) is 0 Å². The molecule has 0 spiro atoms. The quantitative estimate of drug-likeness (QED) is 0.345. The molecule has 0 aromatic heterocycles. The van der Waals surface area contributed by atoms with Gasteiger partial charge in [0.1, 0.15) is 5.94 Å². The summed E-state index contributed by atoms with van der Waals surface area (Å²) in [5.74, 6) is 0.192. The highest BCUT2D eigenvalue weighted by Crippen LogP contribution is 2.60. The molecule has 5 heteroatoms. The fourth-order valence-corrected chi connectivity index (χ4v) is 2.91. The van der Waals surface area contributed by atoms with E-state index in [2.05, 4.69) is 5.32 Å². The predicted molar refractivity (Wildman–Crippen MR) is 43.9 cm³/mol. The Labute approximate surface area is 60.6 Å². The highest BCUT2D eigenvalue weighted by Gasteiger charge is 2.29. The fraction of sp³-hybridized carbons (Fsp3) is 1.00. The van der Waals surface area contributed by atoms with Gasteiger partial charge in [-0.2, -0.15) is 0 Å². The highest BCUT2D eigenvalue weighted by atomic mass is 32.3. The molecule has 0 aromatic carbocycles. The first-order valence-electron chi connectivity index (χ1n) is 3.37. The molecule has 1 aliphatic rings. The molecule has 1 heterocycles. The Bertz CT molecular complexity index is 129. The largest absolute Gasteiger partial charge is 0.380 e. The van der Waals surface area contributed by atoms with Gasteiger partial charge in [-0.15, -0.1) is 0 Å². The molecule has 0 atom stereocenters. The van der Waals surface area contributed by atoms with E-state index in [0.717, 1.165) is 0 Å².